The fraction of sp³-hybridized carbons (Fsp3) is 0.118. The predicted octanol–water partition coefficient (Wildman–Crippen LogP) is 1.75. The van der Waals surface area contributed by atoms with E-state index in [1.807, 2.05) is 24.3 Å². The molecule has 2 aromatic carbocycles. The van der Waals surface area contributed by atoms with Gasteiger partial charge in [-0.2, -0.15) is 4.37 Å². The summed E-state index contributed by atoms with van der Waals surface area (Å²) in [6.45, 7) is 0.620. The van der Waals surface area contributed by atoms with Crippen molar-refractivity contribution < 1.29 is 12.8 Å². The van der Waals surface area contributed by atoms with Gasteiger partial charge in [-0.3, -0.25) is 9.29 Å². The van der Waals surface area contributed by atoms with Crippen LogP contribution in [0.1, 0.15) is 11.1 Å². The van der Waals surface area contributed by atoms with E-state index in [-0.39, 0.29) is 22.2 Å². The molecule has 0 aliphatic rings. The van der Waals surface area contributed by atoms with Crippen LogP contribution in [0.3, 0.4) is 0 Å². The third kappa shape index (κ3) is 3.42. The highest BCUT2D eigenvalue weighted by atomic mass is 32.2. The third-order valence-corrected chi connectivity index (χ3v) is 6.25. The van der Waals surface area contributed by atoms with Gasteiger partial charge in [0.05, 0.1) is 17.0 Å². The van der Waals surface area contributed by atoms with Crippen molar-refractivity contribution in [2.45, 2.75) is 18.0 Å². The van der Waals surface area contributed by atoms with Gasteiger partial charge in [-0.25, -0.2) is 18.2 Å². The van der Waals surface area contributed by atoms with Gasteiger partial charge < -0.3 is 10.2 Å². The molecular weight excluding hydrogens is 402 g/mol. The van der Waals surface area contributed by atoms with Crippen molar-refractivity contribution in [2.24, 2.45) is 5.73 Å². The summed E-state index contributed by atoms with van der Waals surface area (Å²) in [7, 11) is -3.88. The molecule has 28 heavy (non-hydrogen) atoms. The summed E-state index contributed by atoms with van der Waals surface area (Å²) in [4.78, 5) is 16.1. The maximum atomic E-state index is 12.5. The van der Waals surface area contributed by atoms with Crippen LogP contribution in [-0.4, -0.2) is 22.3 Å². The Kier molecular flexibility index (Phi) is 4.71. The van der Waals surface area contributed by atoms with E-state index in [1.165, 1.54) is 23.0 Å². The molecule has 0 bridgehead atoms. The highest BCUT2D eigenvalue weighted by molar-refractivity contribution is 7.93. The van der Waals surface area contributed by atoms with Crippen LogP contribution in [0, 0.1) is 0 Å². The number of oxazole rings is 1. The van der Waals surface area contributed by atoms with Crippen molar-refractivity contribution in [3.63, 3.8) is 0 Å². The van der Waals surface area contributed by atoms with Crippen molar-refractivity contribution >= 4 is 37.8 Å². The molecule has 0 spiro atoms. The van der Waals surface area contributed by atoms with Crippen LogP contribution >= 0.6 is 11.5 Å². The van der Waals surface area contributed by atoms with Gasteiger partial charge >= 0.3 is 5.76 Å². The van der Waals surface area contributed by atoms with Gasteiger partial charge in [-0.1, -0.05) is 24.3 Å². The van der Waals surface area contributed by atoms with E-state index in [1.54, 1.807) is 6.07 Å². The number of nitrogens with one attached hydrogen (secondary N) is 1. The number of aromatic nitrogens is 3. The Bertz CT molecular complexity index is 1290. The molecular formula is C17H15N5O4S2. The summed E-state index contributed by atoms with van der Waals surface area (Å²) in [6.07, 6.45) is 1.25. The molecule has 2 aromatic heterocycles. The van der Waals surface area contributed by atoms with Crippen molar-refractivity contribution in [3.05, 3.63) is 70.5 Å². The molecule has 0 fully saturated rings. The van der Waals surface area contributed by atoms with E-state index in [4.69, 9.17) is 10.2 Å². The first-order chi connectivity index (χ1) is 13.5. The average molecular weight is 417 g/mol. The lowest BCUT2D eigenvalue weighted by Crippen LogP contribution is -2.16. The van der Waals surface area contributed by atoms with Gasteiger partial charge in [-0.15, -0.1) is 0 Å². The predicted molar refractivity (Wildman–Crippen MR) is 105 cm³/mol. The van der Waals surface area contributed by atoms with Gasteiger partial charge in [0.15, 0.2) is 5.58 Å². The smallest absolute Gasteiger partial charge is 0.408 e. The Morgan fingerprint density at radius 3 is 2.68 bits per heavy atom. The molecule has 0 atom stereocenters. The van der Waals surface area contributed by atoms with Crippen molar-refractivity contribution in [3.8, 4) is 0 Å². The standard InChI is InChI=1S/C17H15N5O4S2/c18-8-11-3-1-2-4-12(11)9-22-14-6-5-13(7-15(14)26-17(22)23)28(24,25)21-16-19-10-20-27-16/h1-7,10H,8-9,18H2,(H,19,20,21). The Morgan fingerprint density at radius 1 is 1.18 bits per heavy atom. The summed E-state index contributed by atoms with van der Waals surface area (Å²) in [5.41, 5.74) is 8.24. The molecule has 3 N–H and O–H groups in total. The first-order valence-corrected chi connectivity index (χ1v) is 10.4. The largest absolute Gasteiger partial charge is 0.420 e. The van der Waals surface area contributed by atoms with Crippen LogP contribution in [0.4, 0.5) is 5.13 Å². The maximum absolute atomic E-state index is 12.5. The SMILES string of the molecule is NCc1ccccc1Cn1c(=O)oc2cc(S(=O)(=O)Nc3ncns3)ccc21. The van der Waals surface area contributed by atoms with Crippen LogP contribution in [0.5, 0.6) is 0 Å². The molecule has 11 heteroatoms. The van der Waals surface area contributed by atoms with E-state index in [0.717, 1.165) is 22.7 Å². The fourth-order valence-corrected chi connectivity index (χ4v) is 4.51. The highest BCUT2D eigenvalue weighted by Crippen LogP contribution is 2.22. The number of hydrogen-bond donors (Lipinski definition) is 2. The molecule has 0 unspecified atom stereocenters. The molecule has 9 nitrogen and oxygen atoms in total. The Hall–Kier alpha value is -3.02. The number of rotatable bonds is 6. The van der Waals surface area contributed by atoms with Crippen molar-refractivity contribution in [1.29, 1.82) is 0 Å². The second-order valence-electron chi connectivity index (χ2n) is 5.91. The molecule has 0 aliphatic carbocycles. The first-order valence-electron chi connectivity index (χ1n) is 8.17. The zero-order valence-corrected chi connectivity index (χ0v) is 16.0. The van der Waals surface area contributed by atoms with Gasteiger partial charge in [0, 0.05) is 24.1 Å². The summed E-state index contributed by atoms with van der Waals surface area (Å²) < 4.78 is 37.8. The molecule has 0 amide bonds. The summed E-state index contributed by atoms with van der Waals surface area (Å²) >= 11 is 0.920. The van der Waals surface area contributed by atoms with Crippen LogP contribution in [-0.2, 0) is 23.1 Å². The number of hydrogen-bond acceptors (Lipinski definition) is 8. The van der Waals surface area contributed by atoms with Crippen LogP contribution in [0.15, 0.2) is 62.9 Å². The maximum Gasteiger partial charge on any atom is 0.420 e. The second kappa shape index (κ2) is 7.19. The summed E-state index contributed by atoms with van der Waals surface area (Å²) in [6, 6.07) is 11.8. The van der Waals surface area contributed by atoms with Crippen molar-refractivity contribution in [1.82, 2.24) is 13.9 Å². The number of nitrogens with two attached hydrogens (primary N) is 1. The minimum atomic E-state index is -3.88. The molecule has 0 aliphatic heterocycles. The molecule has 4 rings (SSSR count). The molecule has 0 saturated heterocycles. The van der Waals surface area contributed by atoms with Gasteiger partial charge in [0.1, 0.15) is 6.33 Å². The molecule has 4 aromatic rings. The van der Waals surface area contributed by atoms with E-state index in [0.29, 0.717) is 12.1 Å². The Balaban J connectivity index is 1.72. The molecule has 144 valence electrons. The van der Waals surface area contributed by atoms with E-state index >= 15 is 0 Å². The topological polar surface area (TPSA) is 133 Å². The summed E-state index contributed by atoms with van der Waals surface area (Å²) in [5, 5.41) is 0.150. The number of nitrogens with zero attached hydrogens (tertiary/aromatic N) is 3. The Labute approximate surface area is 163 Å². The van der Waals surface area contributed by atoms with Crippen LogP contribution in [0.2, 0.25) is 0 Å². The van der Waals surface area contributed by atoms with Gasteiger partial charge in [-0.05, 0) is 23.3 Å². The summed E-state index contributed by atoms with van der Waals surface area (Å²) in [5.74, 6) is -0.576. The van der Waals surface area contributed by atoms with Gasteiger partial charge in [0.2, 0.25) is 5.13 Å². The first kappa shape index (κ1) is 18.3. The minimum absolute atomic E-state index is 0.0431. The number of sulfonamides is 1. The van der Waals surface area contributed by atoms with Gasteiger partial charge in [0.25, 0.3) is 10.0 Å². The monoisotopic (exact) mass is 417 g/mol. The van der Waals surface area contributed by atoms with E-state index in [2.05, 4.69) is 14.1 Å². The second-order valence-corrected chi connectivity index (χ2v) is 8.37. The molecule has 0 radical (unpaired) electrons. The van der Waals surface area contributed by atoms with Crippen LogP contribution in [0.25, 0.3) is 11.1 Å². The zero-order valence-electron chi connectivity index (χ0n) is 14.4. The Morgan fingerprint density at radius 2 is 1.96 bits per heavy atom. The lowest BCUT2D eigenvalue weighted by molar-refractivity contribution is 0.516. The number of anilines is 1. The lowest BCUT2D eigenvalue weighted by atomic mass is 10.1. The third-order valence-electron chi connectivity index (χ3n) is 4.20. The molecule has 0 saturated carbocycles. The van der Waals surface area contributed by atoms with E-state index < -0.39 is 15.8 Å². The van der Waals surface area contributed by atoms with Crippen molar-refractivity contribution in [2.75, 3.05) is 4.72 Å². The van der Waals surface area contributed by atoms with E-state index in [9.17, 15) is 13.2 Å². The average Bonchev–Trinajstić information content (AvgIpc) is 3.29. The number of fused-ring (bicyclic) bond motifs is 1. The minimum Gasteiger partial charge on any atom is -0.408 e. The quantitative estimate of drug-likeness (QED) is 0.488. The lowest BCUT2D eigenvalue weighted by Gasteiger charge is -2.08. The normalized spacial score (nSPS) is 11.8. The molecule has 2 heterocycles. The number of benzene rings is 2. The van der Waals surface area contributed by atoms with Crippen LogP contribution < -0.4 is 16.2 Å². The fourth-order valence-electron chi connectivity index (χ4n) is 2.84. The highest BCUT2D eigenvalue weighted by Gasteiger charge is 2.19. The zero-order chi connectivity index (χ0) is 19.7.